The molecule has 0 heterocycles. The first-order valence-electron chi connectivity index (χ1n) is 14.2. The number of unbranched alkanes of at least 4 members (excludes halogenated alkanes) is 3. The summed E-state index contributed by atoms with van der Waals surface area (Å²) in [4.78, 5) is 36.4. The molecule has 40 heavy (non-hydrogen) atoms. The molecular formula is C33H40O7. The van der Waals surface area contributed by atoms with E-state index in [4.69, 9.17) is 18.9 Å². The maximum atomic E-state index is 12.8. The van der Waals surface area contributed by atoms with Crippen LogP contribution in [0.5, 0.6) is 11.5 Å². The monoisotopic (exact) mass is 548 g/mol. The summed E-state index contributed by atoms with van der Waals surface area (Å²) in [6.07, 6.45) is 7.89. The van der Waals surface area contributed by atoms with Crippen LogP contribution in [0.4, 0.5) is 0 Å². The molecule has 7 nitrogen and oxygen atoms in total. The average molecular weight is 549 g/mol. The Morgan fingerprint density at radius 1 is 0.850 bits per heavy atom. The van der Waals surface area contributed by atoms with E-state index in [9.17, 15) is 14.4 Å². The molecule has 0 aromatic heterocycles. The minimum Gasteiger partial charge on any atom is -0.494 e. The van der Waals surface area contributed by atoms with E-state index in [1.54, 1.807) is 48.5 Å². The Morgan fingerprint density at radius 3 is 2.02 bits per heavy atom. The van der Waals surface area contributed by atoms with Crippen LogP contribution in [0.2, 0.25) is 0 Å². The van der Waals surface area contributed by atoms with Crippen LogP contribution in [0.3, 0.4) is 0 Å². The van der Waals surface area contributed by atoms with E-state index in [2.05, 4.69) is 27.4 Å². The molecule has 0 N–H and O–H groups in total. The van der Waals surface area contributed by atoms with E-state index >= 15 is 0 Å². The van der Waals surface area contributed by atoms with Gasteiger partial charge in [0.25, 0.3) is 0 Å². The summed E-state index contributed by atoms with van der Waals surface area (Å²) >= 11 is 0. The minimum absolute atomic E-state index is 0.00784. The second-order valence-electron chi connectivity index (χ2n) is 11.6. The van der Waals surface area contributed by atoms with Gasteiger partial charge in [0, 0.05) is 11.5 Å². The second kappa shape index (κ2) is 12.7. The highest BCUT2D eigenvalue weighted by molar-refractivity contribution is 5.92. The van der Waals surface area contributed by atoms with Crippen LogP contribution in [0.1, 0.15) is 86.4 Å². The van der Waals surface area contributed by atoms with E-state index in [1.807, 2.05) is 0 Å². The van der Waals surface area contributed by atoms with Gasteiger partial charge in [0.2, 0.25) is 0 Å². The predicted molar refractivity (Wildman–Crippen MR) is 151 cm³/mol. The van der Waals surface area contributed by atoms with Gasteiger partial charge >= 0.3 is 17.9 Å². The standard InChI is InChI=1S/C33H40O7/c1-5-29(34)38-21-9-7-6-8-20-37-26-14-10-23(11-15-26)30(35)39-27-16-12-24(13-17-27)31(36)40-28-22-25-18-19-33(28,4)32(25,2)3/h5,10-17,25,28H,1,6-9,18-22H2,2-4H3/t25-,28-,33+/m0/s1. The topological polar surface area (TPSA) is 88.1 Å². The number of hydrogen-bond donors (Lipinski definition) is 0. The van der Waals surface area contributed by atoms with Crippen LogP contribution in [0.15, 0.2) is 61.2 Å². The molecule has 2 aromatic rings. The number of ether oxygens (including phenoxy) is 4. The van der Waals surface area contributed by atoms with Gasteiger partial charge in [-0.05, 0) is 105 Å². The van der Waals surface area contributed by atoms with Crippen molar-refractivity contribution in [3.05, 3.63) is 72.3 Å². The second-order valence-corrected chi connectivity index (χ2v) is 11.6. The van der Waals surface area contributed by atoms with Crippen LogP contribution in [-0.2, 0) is 14.3 Å². The molecule has 3 atom stereocenters. The Balaban J connectivity index is 1.18. The third kappa shape index (κ3) is 6.57. The van der Waals surface area contributed by atoms with E-state index < -0.39 is 11.9 Å². The van der Waals surface area contributed by atoms with Gasteiger partial charge in [0.1, 0.15) is 17.6 Å². The Kier molecular flexibility index (Phi) is 9.33. The van der Waals surface area contributed by atoms with E-state index in [0.717, 1.165) is 44.6 Å². The summed E-state index contributed by atoms with van der Waals surface area (Å²) in [5.41, 5.74) is 1.03. The van der Waals surface area contributed by atoms with Crippen molar-refractivity contribution in [2.75, 3.05) is 13.2 Å². The van der Waals surface area contributed by atoms with Gasteiger partial charge in [-0.15, -0.1) is 0 Å². The van der Waals surface area contributed by atoms with Crippen molar-refractivity contribution in [3.63, 3.8) is 0 Å². The molecule has 2 aromatic carbocycles. The van der Waals surface area contributed by atoms with Crippen molar-refractivity contribution in [3.8, 4) is 11.5 Å². The van der Waals surface area contributed by atoms with Crippen molar-refractivity contribution in [1.82, 2.24) is 0 Å². The summed E-state index contributed by atoms with van der Waals surface area (Å²) in [7, 11) is 0. The van der Waals surface area contributed by atoms with Crippen molar-refractivity contribution in [2.45, 2.75) is 71.8 Å². The molecule has 0 amide bonds. The molecule has 7 heteroatoms. The lowest BCUT2D eigenvalue weighted by Gasteiger charge is -2.38. The fraction of sp³-hybridized carbons (Fsp3) is 0.485. The first-order valence-corrected chi connectivity index (χ1v) is 14.2. The highest BCUT2D eigenvalue weighted by atomic mass is 16.5. The van der Waals surface area contributed by atoms with Gasteiger partial charge in [-0.1, -0.05) is 27.4 Å². The van der Waals surface area contributed by atoms with Gasteiger partial charge < -0.3 is 18.9 Å². The first-order chi connectivity index (χ1) is 19.1. The van der Waals surface area contributed by atoms with Crippen LogP contribution < -0.4 is 9.47 Å². The van der Waals surface area contributed by atoms with Crippen LogP contribution in [-0.4, -0.2) is 37.2 Å². The Bertz CT molecular complexity index is 1200. The summed E-state index contributed by atoms with van der Waals surface area (Å²) in [5.74, 6) is 0.403. The highest BCUT2D eigenvalue weighted by Gasteiger charge is 2.62. The predicted octanol–water partition coefficient (Wildman–Crippen LogP) is 6.95. The lowest BCUT2D eigenvalue weighted by atomic mass is 9.70. The van der Waals surface area contributed by atoms with Crippen LogP contribution in [0, 0.1) is 16.7 Å². The minimum atomic E-state index is -0.490. The van der Waals surface area contributed by atoms with E-state index in [1.165, 1.54) is 6.42 Å². The normalized spacial score (nSPS) is 22.4. The number of carbonyl (C=O) groups excluding carboxylic acids is 3. The zero-order chi connectivity index (χ0) is 28.8. The molecule has 2 aliphatic rings. The molecule has 2 saturated carbocycles. The van der Waals surface area contributed by atoms with E-state index in [0.29, 0.717) is 41.8 Å². The molecule has 0 saturated heterocycles. The van der Waals surface area contributed by atoms with Crippen LogP contribution in [0.25, 0.3) is 0 Å². The van der Waals surface area contributed by atoms with Gasteiger partial charge in [-0.25, -0.2) is 14.4 Å². The summed E-state index contributed by atoms with van der Waals surface area (Å²) in [6, 6.07) is 13.3. The lowest BCUT2D eigenvalue weighted by molar-refractivity contribution is -0.137. The van der Waals surface area contributed by atoms with Gasteiger partial charge in [0.05, 0.1) is 24.3 Å². The van der Waals surface area contributed by atoms with Crippen molar-refractivity contribution in [1.29, 1.82) is 0 Å². The summed E-state index contributed by atoms with van der Waals surface area (Å²) in [5, 5.41) is 0. The van der Waals surface area contributed by atoms with Crippen molar-refractivity contribution >= 4 is 17.9 Å². The lowest BCUT2D eigenvalue weighted by Crippen LogP contribution is -2.38. The van der Waals surface area contributed by atoms with Crippen molar-refractivity contribution in [2.24, 2.45) is 16.7 Å². The first kappa shape index (κ1) is 29.4. The smallest absolute Gasteiger partial charge is 0.343 e. The van der Waals surface area contributed by atoms with Gasteiger partial charge in [0.15, 0.2) is 0 Å². The number of benzene rings is 2. The SMILES string of the molecule is C=CC(=O)OCCCCCCOc1ccc(C(=O)Oc2ccc(C(=O)O[C@H]3C[C@@H]4CC[C@@]3(C)C4(C)C)cc2)cc1. The number of esters is 3. The number of carbonyl (C=O) groups is 3. The van der Waals surface area contributed by atoms with Gasteiger partial charge in [-0.2, -0.15) is 0 Å². The molecule has 214 valence electrons. The zero-order valence-corrected chi connectivity index (χ0v) is 23.8. The quantitative estimate of drug-likeness (QED) is 0.116. The third-order valence-corrected chi connectivity index (χ3v) is 9.07. The van der Waals surface area contributed by atoms with Gasteiger partial charge in [-0.3, -0.25) is 0 Å². The molecule has 4 rings (SSSR count). The molecule has 0 aliphatic heterocycles. The van der Waals surface area contributed by atoms with Crippen LogP contribution >= 0.6 is 0 Å². The molecule has 0 radical (unpaired) electrons. The molecule has 0 spiro atoms. The summed E-state index contributed by atoms with van der Waals surface area (Å²) < 4.78 is 22.1. The third-order valence-electron chi connectivity index (χ3n) is 9.07. The Hall–Kier alpha value is -3.61. The van der Waals surface area contributed by atoms with Crippen molar-refractivity contribution < 1.29 is 33.3 Å². The number of hydrogen-bond acceptors (Lipinski definition) is 7. The van der Waals surface area contributed by atoms with E-state index in [-0.39, 0.29) is 22.9 Å². The number of fused-ring (bicyclic) bond motifs is 2. The zero-order valence-electron chi connectivity index (χ0n) is 23.8. The molecule has 2 aliphatic carbocycles. The number of rotatable bonds is 13. The fourth-order valence-electron chi connectivity index (χ4n) is 6.00. The molecule has 0 unspecified atom stereocenters. The summed E-state index contributed by atoms with van der Waals surface area (Å²) in [6.45, 7) is 11.2. The Labute approximate surface area is 236 Å². The fourth-order valence-corrected chi connectivity index (χ4v) is 6.00. The highest BCUT2D eigenvalue weighted by Crippen LogP contribution is 2.66. The molecular weight excluding hydrogens is 508 g/mol. The molecule has 2 fully saturated rings. The average Bonchev–Trinajstić information content (AvgIpc) is 3.28. The Morgan fingerprint density at radius 2 is 1.45 bits per heavy atom. The maximum absolute atomic E-state index is 12.8. The maximum Gasteiger partial charge on any atom is 0.343 e. The molecule has 2 bridgehead atoms. The largest absolute Gasteiger partial charge is 0.494 e.